The Morgan fingerprint density at radius 2 is 1.10 bits per heavy atom. The molecule has 0 heterocycles. The van der Waals surface area contributed by atoms with Gasteiger partial charge in [0.2, 0.25) is 0 Å². The van der Waals surface area contributed by atoms with Crippen molar-refractivity contribution in [2.75, 3.05) is 0 Å². The highest BCUT2D eigenvalue weighted by Gasteiger charge is 2.17. The minimum Gasteiger partial charge on any atom is -0.276 e. The van der Waals surface area contributed by atoms with Crippen LogP contribution in [-0.2, 0) is 18.3 Å². The summed E-state index contributed by atoms with van der Waals surface area (Å²) in [5, 5.41) is 0. The van der Waals surface area contributed by atoms with Crippen molar-refractivity contribution in [2.24, 2.45) is 0 Å². The molecule has 0 fully saturated rings. The van der Waals surface area contributed by atoms with Crippen LogP contribution in [0.5, 0.6) is 0 Å². The van der Waals surface area contributed by atoms with Gasteiger partial charge in [-0.25, -0.2) is 0 Å². The number of hydrogen-bond acceptors (Lipinski definition) is 5. The molecule has 0 aromatic carbocycles. The van der Waals surface area contributed by atoms with Crippen molar-refractivity contribution < 1.29 is 25.9 Å². The van der Waals surface area contributed by atoms with Gasteiger partial charge in [0, 0.05) is 0 Å². The van der Waals surface area contributed by atoms with Crippen molar-refractivity contribution in [3.63, 3.8) is 0 Å². The Morgan fingerprint density at radius 1 is 0.900 bits per heavy atom. The Labute approximate surface area is 64.3 Å². The lowest BCUT2D eigenvalue weighted by atomic mass is 15.9. The molecule has 10 heavy (non-hydrogen) atoms. The van der Waals surface area contributed by atoms with E-state index in [1.54, 1.807) is 0 Å². The van der Waals surface area contributed by atoms with Crippen LogP contribution in [-0.4, -0.2) is 25.9 Å². The van der Waals surface area contributed by atoms with Crippen molar-refractivity contribution in [1.82, 2.24) is 0 Å². The molecule has 0 rings (SSSR count). The molecule has 0 radical (unpaired) electrons. The van der Waals surface area contributed by atoms with Crippen molar-refractivity contribution in [3.8, 4) is 0 Å². The lowest BCUT2D eigenvalue weighted by molar-refractivity contribution is 0.500. The first-order chi connectivity index (χ1) is 3.71. The van der Waals surface area contributed by atoms with Crippen LogP contribution in [0.4, 0.5) is 0 Å². The van der Waals surface area contributed by atoms with Crippen molar-refractivity contribution in [1.29, 1.82) is 0 Å². The van der Waals surface area contributed by atoms with Gasteiger partial charge in [-0.05, 0) is 0 Å². The molecule has 0 aromatic heterocycles. The predicted molar refractivity (Wildman–Crippen MR) is 41.8 cm³/mol. The number of rotatable bonds is 2. The summed E-state index contributed by atoms with van der Waals surface area (Å²) in [4.78, 5) is 0. The van der Waals surface area contributed by atoms with Crippen LogP contribution in [0.15, 0.2) is 0 Å². The molecular weight excluding hydrogens is 223 g/mol. The summed E-state index contributed by atoms with van der Waals surface area (Å²) in [5.41, 5.74) is 0. The van der Waals surface area contributed by atoms with Crippen molar-refractivity contribution in [2.45, 2.75) is 0 Å². The molecule has 1 unspecified atom stereocenters. The van der Waals surface area contributed by atoms with E-state index in [0.717, 1.165) is 0 Å². The maximum absolute atomic E-state index is 9.63. The zero-order valence-electron chi connectivity index (χ0n) is 4.46. The standard InChI is InChI=1S/H2O6S3.H3P/c1-8(2,3)7-9(4,5)6;/h(H,1,2,3)(H,4,5,6);1H3. The molecule has 0 bridgehead atoms. The van der Waals surface area contributed by atoms with E-state index in [9.17, 15) is 16.8 Å². The van der Waals surface area contributed by atoms with Gasteiger partial charge in [0.15, 0.2) is 9.83 Å². The van der Waals surface area contributed by atoms with Crippen LogP contribution in [0.1, 0.15) is 0 Å². The van der Waals surface area contributed by atoms with E-state index in [1.165, 1.54) is 0 Å². The minimum atomic E-state index is -4.70. The second kappa shape index (κ2) is 3.84. The maximum Gasteiger partial charge on any atom is 0.336 e. The summed E-state index contributed by atoms with van der Waals surface area (Å²) < 4.78 is 54.0. The maximum atomic E-state index is 9.63. The fourth-order valence-corrected chi connectivity index (χ4v) is 2.93. The second-order valence-corrected chi connectivity index (χ2v) is 6.93. The van der Waals surface area contributed by atoms with E-state index in [4.69, 9.17) is 9.11 Å². The zero-order valence-corrected chi connectivity index (χ0v) is 8.32. The number of hydrogen-bond donors (Lipinski definition) is 2. The normalized spacial score (nSPS) is 12.2. The van der Waals surface area contributed by atoms with Gasteiger partial charge in [-0.3, -0.25) is 9.11 Å². The van der Waals surface area contributed by atoms with Gasteiger partial charge in [-0.1, -0.05) is 0 Å². The summed E-state index contributed by atoms with van der Waals surface area (Å²) in [6.45, 7) is 0. The highest BCUT2D eigenvalue weighted by Crippen LogP contribution is 2.15. The van der Waals surface area contributed by atoms with E-state index in [0.29, 0.717) is 0 Å². The summed E-state index contributed by atoms with van der Waals surface area (Å²) >= 11 is 0. The van der Waals surface area contributed by atoms with Crippen LogP contribution >= 0.6 is 19.7 Å². The molecule has 0 amide bonds. The molecule has 6 nitrogen and oxygen atoms in total. The zero-order chi connectivity index (χ0) is 7.71. The third kappa shape index (κ3) is 11.4. The van der Waals surface area contributed by atoms with Gasteiger partial charge >= 0.3 is 18.3 Å². The Bertz CT molecular complexity index is 238. The van der Waals surface area contributed by atoms with Crippen LogP contribution in [0.2, 0.25) is 0 Å². The summed E-state index contributed by atoms with van der Waals surface area (Å²) in [7, 11) is -10.3. The summed E-state index contributed by atoms with van der Waals surface area (Å²) in [6.07, 6.45) is 0. The van der Waals surface area contributed by atoms with Crippen LogP contribution < -0.4 is 0 Å². The highest BCUT2D eigenvalue weighted by molar-refractivity contribution is 9.02. The van der Waals surface area contributed by atoms with Crippen LogP contribution in [0, 0.1) is 0 Å². The Kier molecular flexibility index (Phi) is 5.07. The minimum absolute atomic E-state index is 0. The molecule has 2 N–H and O–H groups in total. The quantitative estimate of drug-likeness (QED) is 0.368. The van der Waals surface area contributed by atoms with Gasteiger partial charge in [0.05, 0.1) is 0 Å². The molecule has 0 saturated carbocycles. The van der Waals surface area contributed by atoms with Crippen molar-refractivity contribution >= 4 is 38.0 Å². The molecule has 0 aliphatic heterocycles. The summed E-state index contributed by atoms with van der Waals surface area (Å²) in [6, 6.07) is 0. The molecule has 0 spiro atoms. The van der Waals surface area contributed by atoms with Gasteiger partial charge < -0.3 is 0 Å². The Balaban J connectivity index is 0. The van der Waals surface area contributed by atoms with Crippen molar-refractivity contribution in [3.05, 3.63) is 0 Å². The van der Waals surface area contributed by atoms with Gasteiger partial charge in [-0.2, -0.15) is 26.7 Å². The molecular formula is H5O6PS3. The second-order valence-electron chi connectivity index (χ2n) is 0.924. The first-order valence-corrected chi connectivity index (χ1v) is 6.10. The molecule has 64 valence electrons. The molecule has 0 aliphatic carbocycles. The van der Waals surface area contributed by atoms with E-state index in [2.05, 4.69) is 0 Å². The topological polar surface area (TPSA) is 109 Å². The van der Waals surface area contributed by atoms with E-state index < -0.39 is 28.1 Å². The SMILES string of the molecule is O=S(=O)(O)SS(=O)(=O)O.P. The molecule has 0 saturated heterocycles. The molecule has 0 aromatic rings. The first kappa shape index (κ1) is 13.2. The highest BCUT2D eigenvalue weighted by atomic mass is 33.5. The fourth-order valence-electron chi connectivity index (χ4n) is 0.109. The molecule has 1 atom stereocenters. The van der Waals surface area contributed by atoms with Crippen LogP contribution in [0.3, 0.4) is 0 Å². The molecule has 10 heteroatoms. The average Bonchev–Trinajstić information content (AvgIpc) is 1.14. The monoisotopic (exact) mass is 228 g/mol. The largest absolute Gasteiger partial charge is 0.336 e. The first-order valence-electron chi connectivity index (χ1n) is 1.37. The average molecular weight is 228 g/mol. The fraction of sp³-hybridized carbons (Fsp3) is 0. The van der Waals surface area contributed by atoms with Crippen LogP contribution in [0.25, 0.3) is 0 Å². The van der Waals surface area contributed by atoms with E-state index in [-0.39, 0.29) is 9.90 Å². The summed E-state index contributed by atoms with van der Waals surface area (Å²) in [5.74, 6) is 0. The van der Waals surface area contributed by atoms with E-state index in [1.807, 2.05) is 0 Å². The Morgan fingerprint density at radius 3 is 1.10 bits per heavy atom. The smallest absolute Gasteiger partial charge is 0.276 e. The third-order valence-corrected chi connectivity index (χ3v) is 4.64. The Hall–Kier alpha value is 0.600. The predicted octanol–water partition coefficient (Wildman–Crippen LogP) is -0.617. The van der Waals surface area contributed by atoms with Gasteiger partial charge in [0.1, 0.15) is 0 Å². The lowest BCUT2D eigenvalue weighted by Crippen LogP contribution is -1.97. The van der Waals surface area contributed by atoms with Gasteiger partial charge in [-0.15, -0.1) is 0 Å². The lowest BCUT2D eigenvalue weighted by Gasteiger charge is -1.87. The van der Waals surface area contributed by atoms with Gasteiger partial charge in [0.25, 0.3) is 0 Å². The van der Waals surface area contributed by atoms with E-state index >= 15 is 0 Å². The third-order valence-electron chi connectivity index (χ3n) is 0.172. The molecule has 0 aliphatic rings.